The van der Waals surface area contributed by atoms with Gasteiger partial charge in [-0.2, -0.15) is 5.26 Å². The molecule has 1 atom stereocenters. The zero-order valence-corrected chi connectivity index (χ0v) is 9.30. The minimum absolute atomic E-state index is 0.0649. The maximum atomic E-state index is 10.6. The van der Waals surface area contributed by atoms with E-state index >= 15 is 0 Å². The molecule has 0 aliphatic carbocycles. The topological polar surface area (TPSA) is 78.9 Å². The first-order chi connectivity index (χ1) is 7.11. The summed E-state index contributed by atoms with van der Waals surface area (Å²) in [5.41, 5.74) is 5.07. The summed E-state index contributed by atoms with van der Waals surface area (Å²) in [7, 11) is 0. The number of hydrogen-bond acceptors (Lipinski definition) is 4. The second-order valence-corrected chi connectivity index (χ2v) is 4.50. The number of hydrogen-bond donors (Lipinski definition) is 2. The van der Waals surface area contributed by atoms with Gasteiger partial charge in [-0.15, -0.1) is 11.3 Å². The maximum absolute atomic E-state index is 10.6. The zero-order chi connectivity index (χ0) is 11.3. The lowest BCUT2D eigenvalue weighted by molar-refractivity contribution is -0.118. The van der Waals surface area contributed by atoms with Crippen LogP contribution in [0.25, 0.3) is 0 Å². The molecule has 0 aromatic carbocycles. The highest BCUT2D eigenvalue weighted by Gasteiger charge is 2.06. The van der Waals surface area contributed by atoms with Gasteiger partial charge in [0.15, 0.2) is 0 Å². The number of nitriles is 1. The van der Waals surface area contributed by atoms with Crippen LogP contribution in [0.3, 0.4) is 0 Å². The minimum atomic E-state index is -0.307. The van der Waals surface area contributed by atoms with Gasteiger partial charge in [0.2, 0.25) is 5.91 Å². The molecule has 0 aliphatic heterocycles. The lowest BCUT2D eigenvalue weighted by atomic mass is 10.2. The molecule has 1 rings (SSSR count). The number of carbonyl (C=O) groups excluding carboxylic acids is 1. The van der Waals surface area contributed by atoms with Gasteiger partial charge in [0.25, 0.3) is 0 Å². The smallest absolute Gasteiger partial charge is 0.218 e. The van der Waals surface area contributed by atoms with Crippen molar-refractivity contribution in [1.29, 1.82) is 5.26 Å². The van der Waals surface area contributed by atoms with Gasteiger partial charge >= 0.3 is 0 Å². The van der Waals surface area contributed by atoms with Crippen LogP contribution in [0.2, 0.25) is 0 Å². The molecule has 0 saturated carbocycles. The summed E-state index contributed by atoms with van der Waals surface area (Å²) in [6.45, 7) is 2.57. The van der Waals surface area contributed by atoms with Crippen molar-refractivity contribution in [3.05, 3.63) is 21.9 Å². The van der Waals surface area contributed by atoms with Gasteiger partial charge in [-0.1, -0.05) is 0 Å². The standard InChI is InChI=1S/C10H13N3OS/c1-7(4-10(12)14)13-6-9-3-2-8(5-11)15-9/h2-3,7,13H,4,6H2,1H3,(H2,12,14). The Morgan fingerprint density at radius 3 is 3.00 bits per heavy atom. The van der Waals surface area contributed by atoms with Gasteiger partial charge in [0, 0.05) is 23.9 Å². The number of thiophene rings is 1. The second-order valence-electron chi connectivity index (χ2n) is 3.33. The molecular formula is C10H13N3OS. The van der Waals surface area contributed by atoms with E-state index in [-0.39, 0.29) is 11.9 Å². The maximum Gasteiger partial charge on any atom is 0.218 e. The number of nitrogens with one attached hydrogen (secondary N) is 1. The average Bonchev–Trinajstić information content (AvgIpc) is 2.61. The Balaban J connectivity index is 2.37. The van der Waals surface area contributed by atoms with Crippen LogP contribution in [-0.4, -0.2) is 11.9 Å². The van der Waals surface area contributed by atoms with Crippen molar-refractivity contribution in [1.82, 2.24) is 5.32 Å². The Bertz CT molecular complexity index is 380. The number of nitrogens with two attached hydrogens (primary N) is 1. The van der Waals surface area contributed by atoms with Crippen LogP contribution < -0.4 is 11.1 Å². The molecule has 0 spiro atoms. The van der Waals surface area contributed by atoms with Crippen LogP contribution in [0.4, 0.5) is 0 Å². The molecule has 15 heavy (non-hydrogen) atoms. The SMILES string of the molecule is CC(CC(N)=O)NCc1ccc(C#N)s1. The summed E-state index contributed by atoms with van der Waals surface area (Å²) in [6, 6.07) is 5.85. The first-order valence-corrected chi connectivity index (χ1v) is 5.44. The molecule has 4 nitrogen and oxygen atoms in total. The largest absolute Gasteiger partial charge is 0.370 e. The summed E-state index contributed by atoms with van der Waals surface area (Å²) in [4.78, 5) is 12.4. The molecular weight excluding hydrogens is 210 g/mol. The number of rotatable bonds is 5. The van der Waals surface area contributed by atoms with Crippen molar-refractivity contribution in [2.45, 2.75) is 25.9 Å². The van der Waals surface area contributed by atoms with E-state index in [1.54, 1.807) is 6.07 Å². The Kier molecular flexibility index (Phi) is 4.28. The lowest BCUT2D eigenvalue weighted by Gasteiger charge is -2.10. The van der Waals surface area contributed by atoms with Gasteiger partial charge < -0.3 is 11.1 Å². The Hall–Kier alpha value is -1.38. The minimum Gasteiger partial charge on any atom is -0.370 e. The number of nitrogens with zero attached hydrogens (tertiary/aromatic N) is 1. The van der Waals surface area contributed by atoms with E-state index in [0.717, 1.165) is 4.88 Å². The predicted molar refractivity (Wildman–Crippen MR) is 59.1 cm³/mol. The van der Waals surface area contributed by atoms with Crippen LogP contribution in [-0.2, 0) is 11.3 Å². The van der Waals surface area contributed by atoms with E-state index in [4.69, 9.17) is 11.0 Å². The molecule has 1 heterocycles. The van der Waals surface area contributed by atoms with E-state index in [0.29, 0.717) is 17.8 Å². The molecule has 3 N–H and O–H groups in total. The highest BCUT2D eigenvalue weighted by molar-refractivity contribution is 7.12. The van der Waals surface area contributed by atoms with E-state index in [1.165, 1.54) is 11.3 Å². The average molecular weight is 223 g/mol. The second kappa shape index (κ2) is 5.49. The molecule has 1 aromatic rings. The van der Waals surface area contributed by atoms with Crippen molar-refractivity contribution < 1.29 is 4.79 Å². The molecule has 5 heteroatoms. The molecule has 0 radical (unpaired) electrons. The zero-order valence-electron chi connectivity index (χ0n) is 8.49. The molecule has 0 fully saturated rings. The van der Waals surface area contributed by atoms with E-state index < -0.39 is 0 Å². The van der Waals surface area contributed by atoms with Crippen LogP contribution >= 0.6 is 11.3 Å². The number of carbonyl (C=O) groups is 1. The van der Waals surface area contributed by atoms with E-state index in [2.05, 4.69) is 11.4 Å². The predicted octanol–water partition coefficient (Wildman–Crippen LogP) is 0.973. The Morgan fingerprint density at radius 1 is 1.73 bits per heavy atom. The molecule has 0 bridgehead atoms. The van der Waals surface area contributed by atoms with E-state index in [1.807, 2.05) is 13.0 Å². The number of amides is 1. The monoisotopic (exact) mass is 223 g/mol. The lowest BCUT2D eigenvalue weighted by Crippen LogP contribution is -2.30. The third-order valence-electron chi connectivity index (χ3n) is 1.90. The molecule has 1 unspecified atom stereocenters. The van der Waals surface area contributed by atoms with Crippen molar-refractivity contribution in [3.63, 3.8) is 0 Å². The normalized spacial score (nSPS) is 12.0. The Labute approximate surface area is 92.7 Å². The first-order valence-electron chi connectivity index (χ1n) is 4.62. The van der Waals surface area contributed by atoms with Gasteiger partial charge in [0.05, 0.1) is 0 Å². The molecule has 1 amide bonds. The fraction of sp³-hybridized carbons (Fsp3) is 0.400. The summed E-state index contributed by atoms with van der Waals surface area (Å²) < 4.78 is 0. The quantitative estimate of drug-likeness (QED) is 0.780. The van der Waals surface area contributed by atoms with Crippen LogP contribution in [0, 0.1) is 11.3 Å². The van der Waals surface area contributed by atoms with Crippen molar-refractivity contribution in [3.8, 4) is 6.07 Å². The summed E-state index contributed by atoms with van der Waals surface area (Å²) in [5, 5.41) is 11.8. The van der Waals surface area contributed by atoms with Crippen LogP contribution in [0.1, 0.15) is 23.1 Å². The molecule has 0 aliphatic rings. The van der Waals surface area contributed by atoms with Gasteiger partial charge in [-0.3, -0.25) is 4.79 Å². The molecule has 1 aromatic heterocycles. The molecule has 0 saturated heterocycles. The van der Waals surface area contributed by atoms with Crippen molar-refractivity contribution >= 4 is 17.2 Å². The first kappa shape index (κ1) is 11.7. The van der Waals surface area contributed by atoms with Gasteiger partial charge in [-0.05, 0) is 19.1 Å². The van der Waals surface area contributed by atoms with Gasteiger partial charge in [-0.25, -0.2) is 0 Å². The third-order valence-corrected chi connectivity index (χ3v) is 2.89. The third kappa shape index (κ3) is 4.11. The van der Waals surface area contributed by atoms with Crippen LogP contribution in [0.5, 0.6) is 0 Å². The van der Waals surface area contributed by atoms with Crippen LogP contribution in [0.15, 0.2) is 12.1 Å². The fourth-order valence-electron chi connectivity index (χ4n) is 1.18. The van der Waals surface area contributed by atoms with E-state index in [9.17, 15) is 4.79 Å². The summed E-state index contributed by atoms with van der Waals surface area (Å²) in [6.07, 6.45) is 0.330. The Morgan fingerprint density at radius 2 is 2.47 bits per heavy atom. The molecule has 80 valence electrons. The fourth-order valence-corrected chi connectivity index (χ4v) is 1.94. The van der Waals surface area contributed by atoms with Crippen molar-refractivity contribution in [2.75, 3.05) is 0 Å². The highest BCUT2D eigenvalue weighted by Crippen LogP contribution is 2.14. The van der Waals surface area contributed by atoms with Gasteiger partial charge in [0.1, 0.15) is 10.9 Å². The summed E-state index contributed by atoms with van der Waals surface area (Å²) >= 11 is 1.45. The highest BCUT2D eigenvalue weighted by atomic mass is 32.1. The van der Waals surface area contributed by atoms with Crippen molar-refractivity contribution in [2.24, 2.45) is 5.73 Å². The summed E-state index contributed by atoms with van der Waals surface area (Å²) in [5.74, 6) is -0.307. The number of primary amides is 1.